The Kier molecular flexibility index (Phi) is 4.73. The minimum absolute atomic E-state index is 0.320. The number of nitrogen functional groups attached to an aromatic ring is 1. The Hall–Kier alpha value is -3.33. The second kappa shape index (κ2) is 6.90. The highest BCUT2D eigenvalue weighted by atomic mass is 16.5. The average molecular weight is 295 g/mol. The number of carbonyl (C=O) groups excluding carboxylic acids is 2. The van der Waals surface area contributed by atoms with Crippen molar-refractivity contribution in [3.8, 4) is 6.07 Å². The van der Waals surface area contributed by atoms with Crippen molar-refractivity contribution in [3.05, 3.63) is 59.7 Å². The molecular weight excluding hydrogens is 282 g/mol. The minimum atomic E-state index is -0.602. The van der Waals surface area contributed by atoms with E-state index in [0.29, 0.717) is 22.5 Å². The van der Waals surface area contributed by atoms with E-state index >= 15 is 0 Å². The Morgan fingerprint density at radius 3 is 2.32 bits per heavy atom. The van der Waals surface area contributed by atoms with Crippen molar-refractivity contribution in [2.75, 3.05) is 17.7 Å². The van der Waals surface area contributed by atoms with Crippen molar-refractivity contribution in [3.63, 3.8) is 0 Å². The summed E-state index contributed by atoms with van der Waals surface area (Å²) < 4.78 is 4.90. The second-order valence-electron chi connectivity index (χ2n) is 4.44. The summed E-state index contributed by atoms with van der Waals surface area (Å²) in [6.07, 6.45) is 0. The number of benzene rings is 2. The third-order valence-corrected chi connectivity index (χ3v) is 2.78. The van der Waals surface area contributed by atoms with Gasteiger partial charge in [0, 0.05) is 11.4 Å². The van der Waals surface area contributed by atoms with E-state index in [9.17, 15) is 9.59 Å². The smallest absolute Gasteiger partial charge is 0.338 e. The van der Waals surface area contributed by atoms with Gasteiger partial charge in [0.15, 0.2) is 6.61 Å². The van der Waals surface area contributed by atoms with Crippen molar-refractivity contribution in [2.24, 2.45) is 0 Å². The number of carbonyl (C=O) groups is 2. The third kappa shape index (κ3) is 4.08. The molecule has 0 aliphatic rings. The zero-order valence-electron chi connectivity index (χ0n) is 11.6. The van der Waals surface area contributed by atoms with Gasteiger partial charge in [0.2, 0.25) is 0 Å². The number of nitrogens with zero attached hydrogens (tertiary/aromatic N) is 1. The summed E-state index contributed by atoms with van der Waals surface area (Å²) in [7, 11) is 0. The Balaban J connectivity index is 1.85. The maximum Gasteiger partial charge on any atom is 0.338 e. The van der Waals surface area contributed by atoms with Crippen LogP contribution in [0.1, 0.15) is 15.9 Å². The van der Waals surface area contributed by atoms with Crippen molar-refractivity contribution in [1.29, 1.82) is 5.26 Å². The van der Waals surface area contributed by atoms with Crippen LogP contribution in [0.25, 0.3) is 0 Å². The van der Waals surface area contributed by atoms with Crippen LogP contribution in [0.4, 0.5) is 11.4 Å². The molecule has 2 rings (SSSR count). The van der Waals surface area contributed by atoms with E-state index in [2.05, 4.69) is 5.32 Å². The molecule has 0 saturated heterocycles. The molecule has 0 aliphatic carbocycles. The molecule has 0 aliphatic heterocycles. The molecule has 110 valence electrons. The van der Waals surface area contributed by atoms with E-state index < -0.39 is 18.5 Å². The van der Waals surface area contributed by atoms with Crippen LogP contribution < -0.4 is 11.1 Å². The first-order valence-electron chi connectivity index (χ1n) is 6.41. The predicted molar refractivity (Wildman–Crippen MR) is 80.9 cm³/mol. The van der Waals surface area contributed by atoms with Gasteiger partial charge in [-0.05, 0) is 48.5 Å². The fraction of sp³-hybridized carbons (Fsp3) is 0.0625. The summed E-state index contributed by atoms with van der Waals surface area (Å²) in [5.74, 6) is -1.07. The maximum absolute atomic E-state index is 11.7. The molecule has 0 unspecified atom stereocenters. The first-order valence-corrected chi connectivity index (χ1v) is 6.41. The van der Waals surface area contributed by atoms with E-state index in [1.807, 2.05) is 6.07 Å². The number of nitrogens with two attached hydrogens (primary N) is 1. The first-order chi connectivity index (χ1) is 10.6. The zero-order valence-corrected chi connectivity index (χ0v) is 11.6. The van der Waals surface area contributed by atoms with Crippen LogP contribution in [0, 0.1) is 11.3 Å². The fourth-order valence-corrected chi connectivity index (χ4v) is 1.66. The van der Waals surface area contributed by atoms with Crippen LogP contribution in [0.5, 0.6) is 0 Å². The topological polar surface area (TPSA) is 105 Å². The fourth-order valence-electron chi connectivity index (χ4n) is 1.66. The number of hydrogen-bond acceptors (Lipinski definition) is 5. The molecule has 0 atom stereocenters. The summed E-state index contributed by atoms with van der Waals surface area (Å²) in [5, 5.41) is 11.2. The van der Waals surface area contributed by atoms with Gasteiger partial charge >= 0.3 is 5.97 Å². The molecule has 0 radical (unpaired) electrons. The molecule has 0 aromatic heterocycles. The van der Waals surface area contributed by atoms with Gasteiger partial charge < -0.3 is 15.8 Å². The van der Waals surface area contributed by atoms with E-state index in [1.54, 1.807) is 36.4 Å². The number of ether oxygens (including phenoxy) is 1. The SMILES string of the molecule is N#Cc1ccc(NC(=O)COC(=O)c2ccc(N)cc2)cc1. The van der Waals surface area contributed by atoms with E-state index in [4.69, 9.17) is 15.7 Å². The molecule has 3 N–H and O–H groups in total. The van der Waals surface area contributed by atoms with Crippen LogP contribution >= 0.6 is 0 Å². The molecule has 0 fully saturated rings. The lowest BCUT2D eigenvalue weighted by Crippen LogP contribution is -2.20. The van der Waals surface area contributed by atoms with E-state index in [0.717, 1.165) is 0 Å². The number of anilines is 2. The molecule has 6 nitrogen and oxygen atoms in total. The van der Waals surface area contributed by atoms with Crippen LogP contribution in [0.2, 0.25) is 0 Å². The van der Waals surface area contributed by atoms with Crippen molar-refractivity contribution in [2.45, 2.75) is 0 Å². The van der Waals surface area contributed by atoms with E-state index in [1.165, 1.54) is 12.1 Å². The van der Waals surface area contributed by atoms with Gasteiger partial charge in [0.05, 0.1) is 17.2 Å². The molecule has 6 heteroatoms. The quantitative estimate of drug-likeness (QED) is 0.662. The van der Waals surface area contributed by atoms with Gasteiger partial charge in [-0.25, -0.2) is 4.79 Å². The Morgan fingerprint density at radius 2 is 1.73 bits per heavy atom. The second-order valence-corrected chi connectivity index (χ2v) is 4.44. The number of hydrogen-bond donors (Lipinski definition) is 2. The molecule has 0 spiro atoms. The summed E-state index contributed by atoms with van der Waals surface area (Å²) >= 11 is 0. The van der Waals surface area contributed by atoms with Crippen LogP contribution in [-0.4, -0.2) is 18.5 Å². The van der Waals surface area contributed by atoms with Crippen LogP contribution in [-0.2, 0) is 9.53 Å². The number of nitrogens with one attached hydrogen (secondary N) is 1. The predicted octanol–water partition coefficient (Wildman–Crippen LogP) is 1.94. The maximum atomic E-state index is 11.7. The minimum Gasteiger partial charge on any atom is -0.452 e. The van der Waals surface area contributed by atoms with Crippen molar-refractivity contribution < 1.29 is 14.3 Å². The summed E-state index contributed by atoms with van der Waals surface area (Å²) in [6, 6.07) is 14.5. The zero-order chi connectivity index (χ0) is 15.9. The number of amides is 1. The number of rotatable bonds is 4. The highest BCUT2D eigenvalue weighted by molar-refractivity contribution is 5.95. The largest absolute Gasteiger partial charge is 0.452 e. The van der Waals surface area contributed by atoms with Gasteiger partial charge in [-0.2, -0.15) is 5.26 Å². The van der Waals surface area contributed by atoms with Crippen LogP contribution in [0.3, 0.4) is 0 Å². The van der Waals surface area contributed by atoms with Gasteiger partial charge in [0.25, 0.3) is 5.91 Å². The Bertz CT molecular complexity index is 716. The molecular formula is C16H13N3O3. The number of nitriles is 1. The third-order valence-electron chi connectivity index (χ3n) is 2.78. The molecule has 0 saturated carbocycles. The van der Waals surface area contributed by atoms with Crippen molar-refractivity contribution >= 4 is 23.3 Å². The molecule has 2 aromatic rings. The summed E-state index contributed by atoms with van der Waals surface area (Å²) in [4.78, 5) is 23.4. The molecule has 0 heterocycles. The number of esters is 1. The average Bonchev–Trinajstić information content (AvgIpc) is 2.54. The van der Waals surface area contributed by atoms with Gasteiger partial charge in [-0.3, -0.25) is 4.79 Å². The van der Waals surface area contributed by atoms with E-state index in [-0.39, 0.29) is 0 Å². The van der Waals surface area contributed by atoms with Gasteiger partial charge in [-0.15, -0.1) is 0 Å². The molecule has 0 bridgehead atoms. The summed E-state index contributed by atoms with van der Waals surface area (Å²) in [5.41, 5.74) is 7.39. The molecule has 22 heavy (non-hydrogen) atoms. The lowest BCUT2D eigenvalue weighted by Gasteiger charge is -2.07. The lowest BCUT2D eigenvalue weighted by atomic mass is 10.2. The highest BCUT2D eigenvalue weighted by Gasteiger charge is 2.10. The Labute approximate surface area is 127 Å². The Morgan fingerprint density at radius 1 is 1.09 bits per heavy atom. The normalized spacial score (nSPS) is 9.59. The highest BCUT2D eigenvalue weighted by Crippen LogP contribution is 2.09. The lowest BCUT2D eigenvalue weighted by molar-refractivity contribution is -0.119. The molecule has 1 amide bonds. The standard InChI is InChI=1S/C16H13N3O3/c17-9-11-1-7-14(8-2-11)19-15(20)10-22-16(21)12-3-5-13(18)6-4-12/h1-8H,10,18H2,(H,19,20). The summed E-state index contributed by atoms with van der Waals surface area (Å²) in [6.45, 7) is -0.400. The monoisotopic (exact) mass is 295 g/mol. The van der Waals surface area contributed by atoms with Gasteiger partial charge in [-0.1, -0.05) is 0 Å². The van der Waals surface area contributed by atoms with Crippen LogP contribution in [0.15, 0.2) is 48.5 Å². The molecule has 2 aromatic carbocycles. The van der Waals surface area contributed by atoms with Crippen molar-refractivity contribution in [1.82, 2.24) is 0 Å². The first kappa shape index (κ1) is 15.1. The van der Waals surface area contributed by atoms with Gasteiger partial charge in [0.1, 0.15) is 0 Å².